The van der Waals surface area contributed by atoms with Crippen molar-refractivity contribution in [3.63, 3.8) is 0 Å². The second kappa shape index (κ2) is 7.84. The van der Waals surface area contributed by atoms with Crippen LogP contribution >= 0.6 is 0 Å². The van der Waals surface area contributed by atoms with Crippen LogP contribution in [0.25, 0.3) is 0 Å². The molecule has 1 amide bonds. The van der Waals surface area contributed by atoms with Gasteiger partial charge < -0.3 is 4.90 Å². The van der Waals surface area contributed by atoms with Crippen LogP contribution in [-0.4, -0.2) is 23.9 Å². The molecule has 14 heavy (non-hydrogen) atoms. The molecule has 0 heterocycles. The molecule has 0 atom stereocenters. The minimum absolute atomic E-state index is 0.288. The first-order chi connectivity index (χ1) is 6.59. The average molecular weight is 199 g/mol. The van der Waals surface area contributed by atoms with Crippen LogP contribution in [0.4, 0.5) is 0 Å². The molecule has 0 rings (SSSR count). The fraction of sp³-hybridized carbons (Fsp3) is 0.917. The maximum Gasteiger partial charge on any atom is 0.222 e. The lowest BCUT2D eigenvalue weighted by molar-refractivity contribution is -0.131. The molecule has 0 spiro atoms. The first-order valence-electron chi connectivity index (χ1n) is 5.85. The molecule has 0 fully saturated rings. The second-order valence-electron chi connectivity index (χ2n) is 4.26. The van der Waals surface area contributed by atoms with E-state index in [2.05, 4.69) is 20.8 Å². The van der Waals surface area contributed by atoms with Crippen molar-refractivity contribution in [3.8, 4) is 0 Å². The van der Waals surface area contributed by atoms with Gasteiger partial charge in [0.1, 0.15) is 0 Å². The summed E-state index contributed by atoms with van der Waals surface area (Å²) in [5.41, 5.74) is 0. The lowest BCUT2D eigenvalue weighted by atomic mass is 10.1. The van der Waals surface area contributed by atoms with Crippen LogP contribution in [-0.2, 0) is 4.79 Å². The van der Waals surface area contributed by atoms with E-state index in [9.17, 15) is 4.79 Å². The second-order valence-corrected chi connectivity index (χ2v) is 4.26. The Balaban J connectivity index is 3.44. The zero-order valence-electron chi connectivity index (χ0n) is 10.2. The molecule has 0 bridgehead atoms. The van der Waals surface area contributed by atoms with Crippen molar-refractivity contribution in [3.05, 3.63) is 0 Å². The summed E-state index contributed by atoms with van der Waals surface area (Å²) in [4.78, 5) is 13.4. The van der Waals surface area contributed by atoms with Crippen LogP contribution in [0.2, 0.25) is 0 Å². The molecule has 84 valence electrons. The van der Waals surface area contributed by atoms with E-state index in [0.29, 0.717) is 6.04 Å². The topological polar surface area (TPSA) is 20.3 Å². The molecule has 0 N–H and O–H groups in total. The van der Waals surface area contributed by atoms with E-state index in [-0.39, 0.29) is 5.91 Å². The summed E-state index contributed by atoms with van der Waals surface area (Å²) in [7, 11) is 1.89. The van der Waals surface area contributed by atoms with Crippen LogP contribution in [0.1, 0.15) is 59.3 Å². The maximum atomic E-state index is 11.5. The van der Waals surface area contributed by atoms with Gasteiger partial charge in [0.15, 0.2) is 0 Å². The number of unbranched alkanes of at least 4 members (excludes halogenated alkanes) is 4. The summed E-state index contributed by atoms with van der Waals surface area (Å²) >= 11 is 0. The van der Waals surface area contributed by atoms with Gasteiger partial charge >= 0.3 is 0 Å². The number of nitrogens with zero attached hydrogens (tertiary/aromatic N) is 1. The lowest BCUT2D eigenvalue weighted by Gasteiger charge is -2.21. The predicted molar refractivity (Wildman–Crippen MR) is 61.3 cm³/mol. The van der Waals surface area contributed by atoms with Gasteiger partial charge in [-0.05, 0) is 20.3 Å². The number of amides is 1. The highest BCUT2D eigenvalue weighted by atomic mass is 16.2. The molecule has 0 aromatic carbocycles. The third-order valence-electron chi connectivity index (χ3n) is 2.66. The highest BCUT2D eigenvalue weighted by Gasteiger charge is 2.10. The van der Waals surface area contributed by atoms with Gasteiger partial charge in [-0.15, -0.1) is 0 Å². The summed E-state index contributed by atoms with van der Waals surface area (Å²) < 4.78 is 0. The van der Waals surface area contributed by atoms with E-state index >= 15 is 0 Å². The van der Waals surface area contributed by atoms with Crippen LogP contribution < -0.4 is 0 Å². The first-order valence-corrected chi connectivity index (χ1v) is 5.85. The van der Waals surface area contributed by atoms with Crippen molar-refractivity contribution in [1.82, 2.24) is 4.90 Å². The number of rotatable bonds is 7. The standard InChI is InChI=1S/C12H25NO/c1-5-6-7-8-9-10-12(14)13(4)11(2)3/h11H,5-10H2,1-4H3. The zero-order valence-corrected chi connectivity index (χ0v) is 10.2. The van der Waals surface area contributed by atoms with Gasteiger partial charge in [0.05, 0.1) is 0 Å². The van der Waals surface area contributed by atoms with Crippen LogP contribution in [0.5, 0.6) is 0 Å². The van der Waals surface area contributed by atoms with Gasteiger partial charge in [0.2, 0.25) is 5.91 Å². The summed E-state index contributed by atoms with van der Waals surface area (Å²) in [6.07, 6.45) is 6.81. The molecule has 2 heteroatoms. The van der Waals surface area contributed by atoms with E-state index < -0.39 is 0 Å². The third kappa shape index (κ3) is 6.01. The Morgan fingerprint density at radius 1 is 1.14 bits per heavy atom. The monoisotopic (exact) mass is 199 g/mol. The number of hydrogen-bond donors (Lipinski definition) is 0. The fourth-order valence-electron chi connectivity index (χ4n) is 1.34. The molecule has 0 aromatic heterocycles. The van der Waals surface area contributed by atoms with Crippen molar-refractivity contribution >= 4 is 5.91 Å². The largest absolute Gasteiger partial charge is 0.343 e. The summed E-state index contributed by atoms with van der Waals surface area (Å²) in [6, 6.07) is 0.332. The Kier molecular flexibility index (Phi) is 7.54. The molecular weight excluding hydrogens is 174 g/mol. The Morgan fingerprint density at radius 3 is 2.21 bits per heavy atom. The van der Waals surface area contributed by atoms with Crippen molar-refractivity contribution < 1.29 is 4.79 Å². The van der Waals surface area contributed by atoms with Crippen molar-refractivity contribution in [2.75, 3.05) is 7.05 Å². The van der Waals surface area contributed by atoms with Gasteiger partial charge in [0, 0.05) is 19.5 Å². The smallest absolute Gasteiger partial charge is 0.222 e. The van der Waals surface area contributed by atoms with Gasteiger partial charge in [0.25, 0.3) is 0 Å². The van der Waals surface area contributed by atoms with Crippen LogP contribution in [0, 0.1) is 0 Å². The molecule has 0 aliphatic rings. The van der Waals surface area contributed by atoms with Gasteiger partial charge in [-0.2, -0.15) is 0 Å². The predicted octanol–water partition coefficient (Wildman–Crippen LogP) is 3.21. The fourth-order valence-corrected chi connectivity index (χ4v) is 1.34. The minimum Gasteiger partial charge on any atom is -0.343 e. The first kappa shape index (κ1) is 13.5. The summed E-state index contributed by atoms with van der Waals surface area (Å²) in [6.45, 7) is 6.31. The van der Waals surface area contributed by atoms with E-state index in [1.165, 1.54) is 25.7 Å². The van der Waals surface area contributed by atoms with E-state index in [4.69, 9.17) is 0 Å². The summed E-state index contributed by atoms with van der Waals surface area (Å²) in [5, 5.41) is 0. The van der Waals surface area contributed by atoms with E-state index in [1.807, 2.05) is 11.9 Å². The molecule has 0 saturated carbocycles. The van der Waals surface area contributed by atoms with Crippen molar-refractivity contribution in [1.29, 1.82) is 0 Å². The third-order valence-corrected chi connectivity index (χ3v) is 2.66. The number of carbonyl (C=O) groups is 1. The summed E-state index contributed by atoms with van der Waals surface area (Å²) in [5.74, 6) is 0.288. The number of hydrogen-bond acceptors (Lipinski definition) is 1. The zero-order chi connectivity index (χ0) is 11.0. The molecule has 0 aliphatic carbocycles. The quantitative estimate of drug-likeness (QED) is 0.576. The Bertz CT molecular complexity index is 154. The highest BCUT2D eigenvalue weighted by Crippen LogP contribution is 2.07. The molecular formula is C12H25NO. The molecule has 0 unspecified atom stereocenters. The molecule has 0 aromatic rings. The molecule has 0 aliphatic heterocycles. The molecule has 2 nitrogen and oxygen atoms in total. The maximum absolute atomic E-state index is 11.5. The van der Waals surface area contributed by atoms with Gasteiger partial charge in [-0.25, -0.2) is 0 Å². The van der Waals surface area contributed by atoms with E-state index in [1.54, 1.807) is 0 Å². The van der Waals surface area contributed by atoms with Crippen molar-refractivity contribution in [2.24, 2.45) is 0 Å². The molecule has 0 radical (unpaired) electrons. The SMILES string of the molecule is CCCCCCCC(=O)N(C)C(C)C. The van der Waals surface area contributed by atoms with Gasteiger partial charge in [-0.3, -0.25) is 4.79 Å². The van der Waals surface area contributed by atoms with Crippen molar-refractivity contribution in [2.45, 2.75) is 65.3 Å². The van der Waals surface area contributed by atoms with Crippen LogP contribution in [0.3, 0.4) is 0 Å². The Hall–Kier alpha value is -0.530. The molecule has 0 saturated heterocycles. The normalized spacial score (nSPS) is 10.6. The minimum atomic E-state index is 0.288. The Morgan fingerprint density at radius 2 is 1.71 bits per heavy atom. The number of carbonyl (C=O) groups excluding carboxylic acids is 1. The Labute approximate surface area is 88.7 Å². The van der Waals surface area contributed by atoms with E-state index in [0.717, 1.165) is 12.8 Å². The average Bonchev–Trinajstić information content (AvgIpc) is 2.16. The lowest BCUT2D eigenvalue weighted by Crippen LogP contribution is -2.32. The van der Waals surface area contributed by atoms with Crippen LogP contribution in [0.15, 0.2) is 0 Å². The van der Waals surface area contributed by atoms with Gasteiger partial charge in [-0.1, -0.05) is 32.6 Å². The highest BCUT2D eigenvalue weighted by molar-refractivity contribution is 5.76.